The summed E-state index contributed by atoms with van der Waals surface area (Å²) in [4.78, 5) is 13.6. The van der Waals surface area contributed by atoms with Crippen LogP contribution in [-0.4, -0.2) is 36.4 Å². The monoisotopic (exact) mass is 228 g/mol. The lowest BCUT2D eigenvalue weighted by Crippen LogP contribution is -2.32. The Hall–Kier alpha value is -1.07. The van der Waals surface area contributed by atoms with Gasteiger partial charge in [0.25, 0.3) is 5.56 Å². The molecule has 6 heteroatoms. The van der Waals surface area contributed by atoms with E-state index in [9.17, 15) is 4.79 Å². The average Bonchev–Trinajstić information content (AvgIpc) is 2.46. The molecule has 0 aliphatic carbocycles. The van der Waals surface area contributed by atoms with E-state index in [1.807, 2.05) is 4.90 Å². The summed E-state index contributed by atoms with van der Waals surface area (Å²) in [7, 11) is 0. The van der Waals surface area contributed by atoms with Crippen LogP contribution in [0.3, 0.4) is 0 Å². The Morgan fingerprint density at radius 3 is 3.07 bits per heavy atom. The maximum Gasteiger partial charge on any atom is 0.289 e. The first kappa shape index (κ1) is 10.4. The lowest BCUT2D eigenvalue weighted by Gasteiger charge is -2.21. The second-order valence-corrected chi connectivity index (χ2v) is 3.89. The fourth-order valence-corrected chi connectivity index (χ4v) is 1.99. The van der Waals surface area contributed by atoms with Crippen molar-refractivity contribution in [3.05, 3.63) is 21.6 Å². The maximum absolute atomic E-state index is 11.6. The largest absolute Gasteiger partial charge is 0.364 e. The number of halogens is 1. The van der Waals surface area contributed by atoms with E-state index in [0.717, 1.165) is 32.6 Å². The van der Waals surface area contributed by atoms with Gasteiger partial charge in [-0.2, -0.15) is 5.10 Å². The van der Waals surface area contributed by atoms with Gasteiger partial charge in [-0.1, -0.05) is 11.6 Å². The van der Waals surface area contributed by atoms with E-state index in [1.165, 1.54) is 6.20 Å². The summed E-state index contributed by atoms with van der Waals surface area (Å²) in [6, 6.07) is 0. The third-order valence-corrected chi connectivity index (χ3v) is 2.72. The van der Waals surface area contributed by atoms with Gasteiger partial charge in [-0.05, 0) is 13.0 Å². The number of rotatable bonds is 1. The van der Waals surface area contributed by atoms with E-state index in [-0.39, 0.29) is 5.56 Å². The second-order valence-electron chi connectivity index (χ2n) is 3.49. The van der Waals surface area contributed by atoms with E-state index in [0.29, 0.717) is 10.7 Å². The zero-order valence-electron chi connectivity index (χ0n) is 8.29. The molecule has 5 nitrogen and oxygen atoms in total. The molecule has 1 aliphatic heterocycles. The highest BCUT2D eigenvalue weighted by molar-refractivity contribution is 6.33. The highest BCUT2D eigenvalue weighted by Crippen LogP contribution is 2.19. The van der Waals surface area contributed by atoms with Crippen molar-refractivity contribution >= 4 is 17.3 Å². The van der Waals surface area contributed by atoms with Crippen molar-refractivity contribution in [3.63, 3.8) is 0 Å². The van der Waals surface area contributed by atoms with E-state index in [2.05, 4.69) is 15.5 Å². The molecule has 2 heterocycles. The zero-order chi connectivity index (χ0) is 10.7. The Bertz CT molecular complexity index is 384. The number of aromatic nitrogens is 2. The van der Waals surface area contributed by atoms with Crippen LogP contribution in [-0.2, 0) is 0 Å². The summed E-state index contributed by atoms with van der Waals surface area (Å²) in [6.07, 6.45) is 2.48. The van der Waals surface area contributed by atoms with Gasteiger partial charge in [-0.25, -0.2) is 5.10 Å². The molecular weight excluding hydrogens is 216 g/mol. The van der Waals surface area contributed by atoms with E-state index in [4.69, 9.17) is 11.6 Å². The molecule has 0 unspecified atom stereocenters. The maximum atomic E-state index is 11.6. The van der Waals surface area contributed by atoms with Crippen LogP contribution < -0.4 is 15.8 Å². The average molecular weight is 229 g/mol. The molecule has 1 saturated heterocycles. The normalized spacial score (nSPS) is 17.5. The van der Waals surface area contributed by atoms with Crippen LogP contribution in [0, 0.1) is 0 Å². The molecule has 1 fully saturated rings. The van der Waals surface area contributed by atoms with Crippen LogP contribution in [0.25, 0.3) is 0 Å². The molecule has 2 rings (SSSR count). The predicted octanol–water partition coefficient (Wildman–Crippen LogP) is 0.223. The van der Waals surface area contributed by atoms with Crippen LogP contribution in [0.4, 0.5) is 5.69 Å². The minimum absolute atomic E-state index is 0.218. The molecule has 0 atom stereocenters. The highest BCUT2D eigenvalue weighted by Gasteiger charge is 2.15. The Labute approximate surface area is 92.4 Å². The molecule has 0 aromatic carbocycles. The SMILES string of the molecule is O=c1[nH]ncc(Cl)c1N1CCCNCC1. The van der Waals surface area contributed by atoms with Gasteiger partial charge < -0.3 is 10.2 Å². The number of aromatic amines is 1. The van der Waals surface area contributed by atoms with Crippen molar-refractivity contribution in [2.24, 2.45) is 0 Å². The topological polar surface area (TPSA) is 61.0 Å². The standard InChI is InChI=1S/C9H13ClN4O/c10-7-6-12-13-9(15)8(7)14-4-1-2-11-3-5-14/h6,11H,1-5H2,(H,13,15). The van der Waals surface area contributed by atoms with E-state index in [1.54, 1.807) is 0 Å². The molecule has 15 heavy (non-hydrogen) atoms. The lowest BCUT2D eigenvalue weighted by molar-refractivity contribution is 0.724. The van der Waals surface area contributed by atoms with Crippen LogP contribution in [0.1, 0.15) is 6.42 Å². The Balaban J connectivity index is 2.30. The molecule has 0 saturated carbocycles. The molecule has 1 aliphatic rings. The first-order valence-electron chi connectivity index (χ1n) is 4.98. The van der Waals surface area contributed by atoms with Crippen LogP contribution in [0.2, 0.25) is 5.02 Å². The van der Waals surface area contributed by atoms with Gasteiger partial charge in [-0.15, -0.1) is 0 Å². The van der Waals surface area contributed by atoms with Crippen molar-refractivity contribution < 1.29 is 0 Å². The minimum Gasteiger partial charge on any atom is -0.364 e. The van der Waals surface area contributed by atoms with Gasteiger partial charge in [0.1, 0.15) is 5.69 Å². The Kier molecular flexibility index (Phi) is 3.23. The second kappa shape index (κ2) is 4.63. The van der Waals surface area contributed by atoms with Crippen molar-refractivity contribution in [2.75, 3.05) is 31.1 Å². The minimum atomic E-state index is -0.218. The third-order valence-electron chi connectivity index (χ3n) is 2.44. The summed E-state index contributed by atoms with van der Waals surface area (Å²) in [5, 5.41) is 9.75. The first-order valence-corrected chi connectivity index (χ1v) is 5.35. The molecule has 0 bridgehead atoms. The summed E-state index contributed by atoms with van der Waals surface area (Å²) in [5.74, 6) is 0. The Morgan fingerprint density at radius 1 is 1.40 bits per heavy atom. The van der Waals surface area contributed by atoms with Crippen LogP contribution >= 0.6 is 11.6 Å². The van der Waals surface area contributed by atoms with Crippen molar-refractivity contribution in [3.8, 4) is 0 Å². The lowest BCUT2D eigenvalue weighted by atomic mass is 10.3. The Morgan fingerprint density at radius 2 is 2.27 bits per heavy atom. The molecule has 2 N–H and O–H groups in total. The smallest absolute Gasteiger partial charge is 0.289 e. The molecule has 82 valence electrons. The summed E-state index contributed by atoms with van der Waals surface area (Å²) in [5.41, 5.74) is 0.319. The van der Waals surface area contributed by atoms with Gasteiger partial charge in [0, 0.05) is 19.6 Å². The number of nitrogens with zero attached hydrogens (tertiary/aromatic N) is 2. The number of hydrogen-bond acceptors (Lipinski definition) is 4. The van der Waals surface area contributed by atoms with Gasteiger partial charge in [0.2, 0.25) is 0 Å². The number of anilines is 1. The van der Waals surface area contributed by atoms with Crippen molar-refractivity contribution in [2.45, 2.75) is 6.42 Å². The fourth-order valence-electron chi connectivity index (χ4n) is 1.73. The number of H-pyrrole nitrogens is 1. The third kappa shape index (κ3) is 2.30. The summed E-state index contributed by atoms with van der Waals surface area (Å²) < 4.78 is 0. The molecule has 0 amide bonds. The van der Waals surface area contributed by atoms with Crippen molar-refractivity contribution in [1.82, 2.24) is 15.5 Å². The summed E-state index contributed by atoms with van der Waals surface area (Å²) in [6.45, 7) is 3.50. The van der Waals surface area contributed by atoms with Crippen LogP contribution in [0.15, 0.2) is 11.0 Å². The summed E-state index contributed by atoms with van der Waals surface area (Å²) >= 11 is 5.97. The van der Waals surface area contributed by atoms with Gasteiger partial charge >= 0.3 is 0 Å². The molecule has 0 radical (unpaired) electrons. The van der Waals surface area contributed by atoms with Gasteiger partial charge in [-0.3, -0.25) is 4.79 Å². The van der Waals surface area contributed by atoms with Gasteiger partial charge in [0.15, 0.2) is 0 Å². The first-order chi connectivity index (χ1) is 7.29. The predicted molar refractivity (Wildman–Crippen MR) is 59.6 cm³/mol. The molecule has 0 spiro atoms. The van der Waals surface area contributed by atoms with Crippen molar-refractivity contribution in [1.29, 1.82) is 0 Å². The zero-order valence-corrected chi connectivity index (χ0v) is 9.05. The van der Waals surface area contributed by atoms with E-state index >= 15 is 0 Å². The quantitative estimate of drug-likeness (QED) is 0.722. The van der Waals surface area contributed by atoms with Crippen LogP contribution in [0.5, 0.6) is 0 Å². The molecular formula is C9H13ClN4O. The van der Waals surface area contributed by atoms with Gasteiger partial charge in [0.05, 0.1) is 11.2 Å². The molecule has 1 aromatic rings. The number of nitrogens with one attached hydrogen (secondary N) is 2. The van der Waals surface area contributed by atoms with E-state index < -0.39 is 0 Å². The fraction of sp³-hybridized carbons (Fsp3) is 0.556. The highest BCUT2D eigenvalue weighted by atomic mass is 35.5. The number of hydrogen-bond donors (Lipinski definition) is 2. The molecule has 1 aromatic heterocycles.